The SMILES string of the molecule is C=C(C)[C@@H]1CC=C(C)/C(=N\NC(=O)CCC(=O)Nc2cccc(Cl)c2C)C1. The molecule has 2 rings (SSSR count). The summed E-state index contributed by atoms with van der Waals surface area (Å²) < 4.78 is 0. The van der Waals surface area contributed by atoms with Crippen molar-refractivity contribution >= 4 is 34.8 Å². The van der Waals surface area contributed by atoms with Crippen LogP contribution < -0.4 is 10.7 Å². The standard InChI is InChI=1S/C21H26ClN3O2/c1-13(2)16-9-8-14(3)19(12-16)24-25-21(27)11-10-20(26)23-18-7-5-6-17(22)15(18)4/h5-8,16H,1,9-12H2,2-4H3,(H,23,26)(H,25,27)/b24-19-/t16-/m1/s1. The Morgan fingerprint density at radius 2 is 1.96 bits per heavy atom. The average Bonchev–Trinajstić information content (AvgIpc) is 2.63. The maximum absolute atomic E-state index is 12.1. The number of amides is 2. The van der Waals surface area contributed by atoms with E-state index < -0.39 is 0 Å². The van der Waals surface area contributed by atoms with Crippen LogP contribution in [0, 0.1) is 12.8 Å². The van der Waals surface area contributed by atoms with Crippen molar-refractivity contribution in [3.05, 3.63) is 52.6 Å². The molecule has 2 N–H and O–H groups in total. The number of carbonyl (C=O) groups is 2. The molecule has 1 aliphatic rings. The topological polar surface area (TPSA) is 70.6 Å². The van der Waals surface area contributed by atoms with E-state index >= 15 is 0 Å². The molecule has 0 radical (unpaired) electrons. The quantitative estimate of drug-likeness (QED) is 0.545. The lowest BCUT2D eigenvalue weighted by Gasteiger charge is -2.22. The summed E-state index contributed by atoms with van der Waals surface area (Å²) in [6.07, 6.45) is 3.99. The number of anilines is 1. The van der Waals surface area contributed by atoms with E-state index in [0.717, 1.165) is 35.3 Å². The first kappa shape index (κ1) is 20.9. The van der Waals surface area contributed by atoms with Crippen LogP contribution in [0.1, 0.15) is 45.1 Å². The van der Waals surface area contributed by atoms with Crippen LogP contribution in [0.4, 0.5) is 5.69 Å². The van der Waals surface area contributed by atoms with E-state index in [2.05, 4.69) is 28.5 Å². The molecule has 0 saturated heterocycles. The van der Waals surface area contributed by atoms with Crippen molar-refractivity contribution in [3.63, 3.8) is 0 Å². The second kappa shape index (κ2) is 9.51. The number of halogens is 1. The van der Waals surface area contributed by atoms with Gasteiger partial charge in [0.25, 0.3) is 0 Å². The van der Waals surface area contributed by atoms with Crippen LogP contribution in [0.25, 0.3) is 0 Å². The Hall–Kier alpha value is -2.40. The van der Waals surface area contributed by atoms with Gasteiger partial charge in [-0.15, -0.1) is 0 Å². The summed E-state index contributed by atoms with van der Waals surface area (Å²) in [5.41, 5.74) is 7.07. The molecule has 1 aliphatic carbocycles. The smallest absolute Gasteiger partial charge is 0.240 e. The molecule has 144 valence electrons. The fraction of sp³-hybridized carbons (Fsp3) is 0.381. The highest BCUT2D eigenvalue weighted by Crippen LogP contribution is 2.26. The van der Waals surface area contributed by atoms with Crippen LogP contribution in [0.5, 0.6) is 0 Å². The molecule has 0 spiro atoms. The number of hydrogen-bond donors (Lipinski definition) is 2. The zero-order valence-electron chi connectivity index (χ0n) is 16.1. The summed E-state index contributed by atoms with van der Waals surface area (Å²) >= 11 is 6.04. The Kier molecular flexibility index (Phi) is 7.36. The van der Waals surface area contributed by atoms with E-state index in [0.29, 0.717) is 16.6 Å². The average molecular weight is 388 g/mol. The third kappa shape index (κ3) is 6.07. The van der Waals surface area contributed by atoms with Gasteiger partial charge in [-0.2, -0.15) is 5.10 Å². The molecule has 0 aromatic heterocycles. The highest BCUT2D eigenvalue weighted by Gasteiger charge is 2.19. The van der Waals surface area contributed by atoms with E-state index in [1.165, 1.54) is 0 Å². The molecular formula is C21H26ClN3O2. The van der Waals surface area contributed by atoms with E-state index in [-0.39, 0.29) is 24.7 Å². The van der Waals surface area contributed by atoms with Crippen LogP contribution in [0.15, 0.2) is 47.1 Å². The molecule has 1 atom stereocenters. The van der Waals surface area contributed by atoms with Crippen LogP contribution in [0.3, 0.4) is 0 Å². The van der Waals surface area contributed by atoms with E-state index in [4.69, 9.17) is 11.6 Å². The molecule has 2 amide bonds. The Morgan fingerprint density at radius 1 is 1.26 bits per heavy atom. The molecule has 1 aromatic carbocycles. The van der Waals surface area contributed by atoms with Gasteiger partial charge >= 0.3 is 0 Å². The normalized spacial score (nSPS) is 18.0. The molecule has 0 heterocycles. The van der Waals surface area contributed by atoms with Crippen molar-refractivity contribution in [1.82, 2.24) is 5.43 Å². The van der Waals surface area contributed by atoms with Crippen LogP contribution in [-0.2, 0) is 9.59 Å². The van der Waals surface area contributed by atoms with Crippen molar-refractivity contribution in [2.45, 2.75) is 46.5 Å². The van der Waals surface area contributed by atoms with Gasteiger partial charge in [0.2, 0.25) is 11.8 Å². The number of nitrogens with zero attached hydrogens (tertiary/aromatic N) is 1. The van der Waals surface area contributed by atoms with Gasteiger partial charge in [0, 0.05) is 23.6 Å². The van der Waals surface area contributed by atoms with Gasteiger partial charge in [-0.25, -0.2) is 5.43 Å². The summed E-state index contributed by atoms with van der Waals surface area (Å²) in [7, 11) is 0. The summed E-state index contributed by atoms with van der Waals surface area (Å²) in [5.74, 6) is -0.166. The third-order valence-corrected chi connectivity index (χ3v) is 5.15. The lowest BCUT2D eigenvalue weighted by molar-refractivity contribution is -0.124. The van der Waals surface area contributed by atoms with E-state index in [1.54, 1.807) is 18.2 Å². The summed E-state index contributed by atoms with van der Waals surface area (Å²) in [6.45, 7) is 9.83. The zero-order chi connectivity index (χ0) is 20.0. The Morgan fingerprint density at radius 3 is 2.67 bits per heavy atom. The molecular weight excluding hydrogens is 362 g/mol. The minimum Gasteiger partial charge on any atom is -0.326 e. The van der Waals surface area contributed by atoms with Gasteiger partial charge in [0.1, 0.15) is 0 Å². The number of nitrogens with one attached hydrogen (secondary N) is 2. The molecule has 0 fully saturated rings. The second-order valence-corrected chi connectivity index (χ2v) is 7.33. The summed E-state index contributed by atoms with van der Waals surface area (Å²) in [4.78, 5) is 24.1. The maximum atomic E-state index is 12.1. The molecule has 5 nitrogen and oxygen atoms in total. The molecule has 0 bridgehead atoms. The second-order valence-electron chi connectivity index (χ2n) is 6.92. The fourth-order valence-electron chi connectivity index (χ4n) is 2.79. The Balaban J connectivity index is 1.84. The van der Waals surface area contributed by atoms with Crippen molar-refractivity contribution in [1.29, 1.82) is 0 Å². The van der Waals surface area contributed by atoms with Gasteiger partial charge in [-0.05, 0) is 62.8 Å². The summed E-state index contributed by atoms with van der Waals surface area (Å²) in [6, 6.07) is 5.31. The van der Waals surface area contributed by atoms with Crippen LogP contribution in [-0.4, -0.2) is 17.5 Å². The number of hydrazone groups is 1. The highest BCUT2D eigenvalue weighted by molar-refractivity contribution is 6.31. The predicted octanol–water partition coefficient (Wildman–Crippen LogP) is 4.77. The molecule has 0 saturated carbocycles. The minimum atomic E-state index is -0.286. The number of allylic oxidation sites excluding steroid dienone is 3. The molecule has 0 aliphatic heterocycles. The molecule has 1 aromatic rings. The zero-order valence-corrected chi connectivity index (χ0v) is 16.8. The lowest BCUT2D eigenvalue weighted by atomic mass is 9.85. The third-order valence-electron chi connectivity index (χ3n) is 4.74. The largest absolute Gasteiger partial charge is 0.326 e. The first-order valence-corrected chi connectivity index (χ1v) is 9.38. The highest BCUT2D eigenvalue weighted by atomic mass is 35.5. The first-order chi connectivity index (χ1) is 12.8. The fourth-order valence-corrected chi connectivity index (χ4v) is 2.97. The Labute approximate surface area is 165 Å². The number of benzene rings is 1. The van der Waals surface area contributed by atoms with Crippen LogP contribution >= 0.6 is 11.6 Å². The number of hydrogen-bond acceptors (Lipinski definition) is 3. The minimum absolute atomic E-state index is 0.0644. The maximum Gasteiger partial charge on any atom is 0.240 e. The monoisotopic (exact) mass is 387 g/mol. The van der Waals surface area contributed by atoms with Gasteiger partial charge in [-0.1, -0.05) is 35.9 Å². The number of carbonyl (C=O) groups excluding carboxylic acids is 2. The molecule has 0 unspecified atom stereocenters. The van der Waals surface area contributed by atoms with Crippen molar-refractivity contribution < 1.29 is 9.59 Å². The molecule has 27 heavy (non-hydrogen) atoms. The van der Waals surface area contributed by atoms with Gasteiger partial charge in [0.15, 0.2) is 0 Å². The lowest BCUT2D eigenvalue weighted by Crippen LogP contribution is -2.24. The molecule has 6 heteroatoms. The Bertz CT molecular complexity index is 812. The van der Waals surface area contributed by atoms with Gasteiger partial charge in [-0.3, -0.25) is 9.59 Å². The summed E-state index contributed by atoms with van der Waals surface area (Å²) in [5, 5.41) is 7.61. The van der Waals surface area contributed by atoms with Crippen molar-refractivity contribution in [2.24, 2.45) is 11.0 Å². The van der Waals surface area contributed by atoms with Gasteiger partial charge in [0.05, 0.1) is 5.71 Å². The predicted molar refractivity (Wildman–Crippen MR) is 111 cm³/mol. The van der Waals surface area contributed by atoms with Crippen molar-refractivity contribution in [2.75, 3.05) is 5.32 Å². The first-order valence-electron chi connectivity index (χ1n) is 9.00. The van der Waals surface area contributed by atoms with Gasteiger partial charge < -0.3 is 5.32 Å². The van der Waals surface area contributed by atoms with E-state index in [9.17, 15) is 9.59 Å². The van der Waals surface area contributed by atoms with Crippen molar-refractivity contribution in [3.8, 4) is 0 Å². The van der Waals surface area contributed by atoms with E-state index in [1.807, 2.05) is 20.8 Å². The van der Waals surface area contributed by atoms with Crippen LogP contribution in [0.2, 0.25) is 5.02 Å². The number of rotatable bonds is 6.